The van der Waals surface area contributed by atoms with Crippen LogP contribution >= 0.6 is 0 Å². The number of hydrogen-bond donors (Lipinski definition) is 1. The molecule has 0 heterocycles. The Bertz CT molecular complexity index is 265. The molecule has 0 saturated heterocycles. The van der Waals surface area contributed by atoms with E-state index in [0.717, 1.165) is 25.3 Å². The summed E-state index contributed by atoms with van der Waals surface area (Å²) in [6, 6.07) is 0.341. The van der Waals surface area contributed by atoms with Gasteiger partial charge >= 0.3 is 6.09 Å². The Morgan fingerprint density at radius 2 is 1.83 bits per heavy atom. The molecule has 0 aromatic carbocycles. The SMILES string of the molecule is CNCC1CCC(N(C)C(=O)OC(C)(C)C)CC1. The molecular weight excluding hydrogens is 228 g/mol. The molecule has 0 radical (unpaired) electrons. The smallest absolute Gasteiger partial charge is 0.410 e. The van der Waals surface area contributed by atoms with E-state index in [9.17, 15) is 4.79 Å². The third kappa shape index (κ3) is 4.84. The maximum absolute atomic E-state index is 12.0. The van der Waals surface area contributed by atoms with Crippen LogP contribution in [0.5, 0.6) is 0 Å². The lowest BCUT2D eigenvalue weighted by atomic mass is 9.85. The van der Waals surface area contributed by atoms with E-state index in [1.54, 1.807) is 4.90 Å². The lowest BCUT2D eigenvalue weighted by Crippen LogP contribution is -2.43. The van der Waals surface area contributed by atoms with Crippen LogP contribution in [-0.4, -0.2) is 43.3 Å². The lowest BCUT2D eigenvalue weighted by Gasteiger charge is -2.35. The van der Waals surface area contributed by atoms with E-state index < -0.39 is 5.60 Å². The third-order valence-electron chi connectivity index (χ3n) is 3.54. The first-order chi connectivity index (χ1) is 8.33. The lowest BCUT2D eigenvalue weighted by molar-refractivity contribution is 0.0173. The monoisotopic (exact) mass is 256 g/mol. The molecule has 1 aliphatic carbocycles. The average Bonchev–Trinajstić information content (AvgIpc) is 2.27. The fraction of sp³-hybridized carbons (Fsp3) is 0.929. The van der Waals surface area contributed by atoms with Gasteiger partial charge in [0.05, 0.1) is 0 Å². The van der Waals surface area contributed by atoms with Crippen LogP contribution < -0.4 is 5.32 Å². The van der Waals surface area contributed by atoms with Crippen LogP contribution in [0.2, 0.25) is 0 Å². The van der Waals surface area contributed by atoms with Gasteiger partial charge in [-0.25, -0.2) is 4.79 Å². The Balaban J connectivity index is 2.40. The van der Waals surface area contributed by atoms with Gasteiger partial charge in [-0.1, -0.05) is 0 Å². The highest BCUT2D eigenvalue weighted by Crippen LogP contribution is 2.27. The minimum absolute atomic E-state index is 0.195. The molecule has 1 saturated carbocycles. The second kappa shape index (κ2) is 6.41. The number of rotatable bonds is 3. The maximum Gasteiger partial charge on any atom is 0.410 e. The van der Waals surface area contributed by atoms with E-state index in [-0.39, 0.29) is 6.09 Å². The number of carbonyl (C=O) groups is 1. The van der Waals surface area contributed by atoms with Crippen LogP contribution in [0.15, 0.2) is 0 Å². The summed E-state index contributed by atoms with van der Waals surface area (Å²) >= 11 is 0. The number of carbonyl (C=O) groups excluding carboxylic acids is 1. The summed E-state index contributed by atoms with van der Waals surface area (Å²) in [6.45, 7) is 6.80. The highest BCUT2D eigenvalue weighted by molar-refractivity contribution is 5.68. The Hall–Kier alpha value is -0.770. The van der Waals surface area contributed by atoms with Gasteiger partial charge < -0.3 is 15.0 Å². The van der Waals surface area contributed by atoms with Crippen molar-refractivity contribution in [2.75, 3.05) is 20.6 Å². The fourth-order valence-corrected chi connectivity index (χ4v) is 2.51. The third-order valence-corrected chi connectivity index (χ3v) is 3.54. The normalized spacial score (nSPS) is 24.7. The molecule has 0 bridgehead atoms. The van der Waals surface area contributed by atoms with E-state index in [0.29, 0.717) is 6.04 Å². The minimum atomic E-state index is -0.408. The zero-order chi connectivity index (χ0) is 13.8. The van der Waals surface area contributed by atoms with Crippen molar-refractivity contribution in [3.05, 3.63) is 0 Å². The van der Waals surface area contributed by atoms with Gasteiger partial charge in [0.25, 0.3) is 0 Å². The largest absolute Gasteiger partial charge is 0.444 e. The quantitative estimate of drug-likeness (QED) is 0.844. The van der Waals surface area contributed by atoms with Crippen molar-refractivity contribution in [3.63, 3.8) is 0 Å². The summed E-state index contributed by atoms with van der Waals surface area (Å²) in [5, 5.41) is 3.23. The highest BCUT2D eigenvalue weighted by Gasteiger charge is 2.28. The summed E-state index contributed by atoms with van der Waals surface area (Å²) in [5.41, 5.74) is -0.408. The van der Waals surface area contributed by atoms with Gasteiger partial charge in [-0.3, -0.25) is 0 Å². The molecule has 1 rings (SSSR count). The Morgan fingerprint density at radius 3 is 2.28 bits per heavy atom. The molecule has 4 heteroatoms. The van der Waals surface area contributed by atoms with E-state index >= 15 is 0 Å². The Kier molecular flexibility index (Phi) is 5.45. The standard InChI is InChI=1S/C14H28N2O2/c1-14(2,3)18-13(17)16(5)12-8-6-11(7-9-12)10-15-4/h11-12,15H,6-10H2,1-5H3. The molecule has 0 unspecified atom stereocenters. The van der Waals surface area contributed by atoms with Gasteiger partial charge in [0, 0.05) is 13.1 Å². The highest BCUT2D eigenvalue weighted by atomic mass is 16.6. The van der Waals surface area contributed by atoms with Crippen LogP contribution in [0.1, 0.15) is 46.5 Å². The topological polar surface area (TPSA) is 41.6 Å². The van der Waals surface area contributed by atoms with E-state index in [1.807, 2.05) is 34.9 Å². The molecule has 0 spiro atoms. The summed E-state index contributed by atoms with van der Waals surface area (Å²) in [7, 11) is 3.86. The first-order valence-corrected chi connectivity index (χ1v) is 6.94. The van der Waals surface area contributed by atoms with Crippen LogP contribution in [0.4, 0.5) is 4.79 Å². The van der Waals surface area contributed by atoms with Gasteiger partial charge in [0.2, 0.25) is 0 Å². The first-order valence-electron chi connectivity index (χ1n) is 6.94. The Morgan fingerprint density at radius 1 is 1.28 bits per heavy atom. The zero-order valence-corrected chi connectivity index (χ0v) is 12.5. The van der Waals surface area contributed by atoms with E-state index in [2.05, 4.69) is 5.32 Å². The average molecular weight is 256 g/mol. The Labute approximate surface area is 111 Å². The van der Waals surface area contributed by atoms with Crippen molar-refractivity contribution in [1.29, 1.82) is 0 Å². The summed E-state index contributed by atoms with van der Waals surface area (Å²) in [5.74, 6) is 0.762. The molecule has 106 valence electrons. The van der Waals surface area contributed by atoms with Crippen molar-refractivity contribution < 1.29 is 9.53 Å². The number of ether oxygens (including phenoxy) is 1. The molecular formula is C14H28N2O2. The van der Waals surface area contributed by atoms with E-state index in [1.165, 1.54) is 12.8 Å². The molecule has 0 aromatic heterocycles. The van der Waals surface area contributed by atoms with Gasteiger partial charge in [-0.05, 0) is 66.0 Å². The molecule has 0 aromatic rings. The predicted molar refractivity (Wildman–Crippen MR) is 73.7 cm³/mol. The van der Waals surface area contributed by atoms with Gasteiger partial charge in [0.15, 0.2) is 0 Å². The van der Waals surface area contributed by atoms with Gasteiger partial charge in [-0.2, -0.15) is 0 Å². The summed E-state index contributed by atoms with van der Waals surface area (Å²) in [4.78, 5) is 13.7. The van der Waals surface area contributed by atoms with E-state index in [4.69, 9.17) is 4.74 Å². The molecule has 18 heavy (non-hydrogen) atoms. The zero-order valence-electron chi connectivity index (χ0n) is 12.5. The number of hydrogen-bond acceptors (Lipinski definition) is 3. The minimum Gasteiger partial charge on any atom is -0.444 e. The van der Waals surface area contributed by atoms with Crippen molar-refractivity contribution in [1.82, 2.24) is 10.2 Å². The summed E-state index contributed by atoms with van der Waals surface area (Å²) in [6.07, 6.45) is 4.36. The van der Waals surface area contributed by atoms with Crippen LogP contribution in [0.25, 0.3) is 0 Å². The number of nitrogens with zero attached hydrogens (tertiary/aromatic N) is 1. The second-order valence-electron chi connectivity index (χ2n) is 6.32. The second-order valence-corrected chi connectivity index (χ2v) is 6.32. The van der Waals surface area contributed by atoms with Crippen molar-refractivity contribution >= 4 is 6.09 Å². The van der Waals surface area contributed by atoms with Gasteiger partial charge in [0.1, 0.15) is 5.60 Å². The molecule has 1 amide bonds. The van der Waals surface area contributed by atoms with Crippen molar-refractivity contribution in [3.8, 4) is 0 Å². The van der Waals surface area contributed by atoms with Crippen LogP contribution in [0.3, 0.4) is 0 Å². The molecule has 1 aliphatic rings. The molecule has 0 aliphatic heterocycles. The molecule has 1 fully saturated rings. The van der Waals surface area contributed by atoms with Crippen molar-refractivity contribution in [2.24, 2.45) is 5.92 Å². The van der Waals surface area contributed by atoms with Crippen LogP contribution in [0, 0.1) is 5.92 Å². The molecule has 4 nitrogen and oxygen atoms in total. The number of amides is 1. The maximum atomic E-state index is 12.0. The number of nitrogens with one attached hydrogen (secondary N) is 1. The predicted octanol–water partition coefficient (Wildman–Crippen LogP) is 2.63. The first kappa shape index (κ1) is 15.3. The van der Waals surface area contributed by atoms with Gasteiger partial charge in [-0.15, -0.1) is 0 Å². The fourth-order valence-electron chi connectivity index (χ4n) is 2.51. The molecule has 1 N–H and O–H groups in total. The molecule has 0 atom stereocenters. The van der Waals surface area contributed by atoms with Crippen molar-refractivity contribution in [2.45, 2.75) is 58.1 Å². The summed E-state index contributed by atoms with van der Waals surface area (Å²) < 4.78 is 5.40. The van der Waals surface area contributed by atoms with Crippen LogP contribution in [-0.2, 0) is 4.74 Å².